The Labute approximate surface area is 110 Å². The summed E-state index contributed by atoms with van der Waals surface area (Å²) < 4.78 is 5.24. The van der Waals surface area contributed by atoms with Crippen LogP contribution < -0.4 is 0 Å². The molecule has 0 aliphatic carbocycles. The Morgan fingerprint density at radius 1 is 1.33 bits per heavy atom. The number of hydrogen-bond donors (Lipinski definition) is 1. The van der Waals surface area contributed by atoms with Crippen molar-refractivity contribution in [3.63, 3.8) is 0 Å². The monoisotopic (exact) mass is 262 g/mol. The number of furan rings is 1. The van der Waals surface area contributed by atoms with Crippen LogP contribution in [0.1, 0.15) is 27.2 Å². The Kier molecular flexibility index (Phi) is 3.77. The van der Waals surface area contributed by atoms with E-state index in [9.17, 15) is 4.79 Å². The van der Waals surface area contributed by atoms with Crippen LogP contribution in [0.3, 0.4) is 0 Å². The molecule has 4 heteroatoms. The van der Waals surface area contributed by atoms with E-state index in [0.29, 0.717) is 5.56 Å². The third-order valence-corrected chi connectivity index (χ3v) is 3.97. The van der Waals surface area contributed by atoms with E-state index in [4.69, 9.17) is 9.52 Å². The second kappa shape index (κ2) is 5.31. The summed E-state index contributed by atoms with van der Waals surface area (Å²) in [6, 6.07) is 7.18. The second-order valence-corrected chi connectivity index (χ2v) is 5.09. The minimum absolute atomic E-state index is 0.334. The minimum Gasteiger partial charge on any atom is -0.478 e. The summed E-state index contributed by atoms with van der Waals surface area (Å²) in [5.41, 5.74) is 2.48. The summed E-state index contributed by atoms with van der Waals surface area (Å²) in [5, 5.41) is 8.90. The average Bonchev–Trinajstić information content (AvgIpc) is 2.73. The number of aryl methyl sites for hydroxylation is 2. The molecule has 1 N–H and O–H groups in total. The molecule has 18 heavy (non-hydrogen) atoms. The van der Waals surface area contributed by atoms with Crippen molar-refractivity contribution in [1.29, 1.82) is 0 Å². The Bertz CT molecular complexity index is 572. The van der Waals surface area contributed by atoms with E-state index in [1.807, 2.05) is 26.0 Å². The summed E-state index contributed by atoms with van der Waals surface area (Å²) in [4.78, 5) is 12.0. The van der Waals surface area contributed by atoms with Crippen molar-refractivity contribution in [2.45, 2.75) is 24.5 Å². The molecule has 0 aliphatic rings. The van der Waals surface area contributed by atoms with Crippen molar-refractivity contribution < 1.29 is 14.3 Å². The van der Waals surface area contributed by atoms with Crippen molar-refractivity contribution in [1.82, 2.24) is 0 Å². The molecule has 0 amide bonds. The highest BCUT2D eigenvalue weighted by molar-refractivity contribution is 7.98. The van der Waals surface area contributed by atoms with Crippen LogP contribution in [-0.4, -0.2) is 11.1 Å². The Balaban J connectivity index is 2.11. The Morgan fingerprint density at radius 2 is 2.11 bits per heavy atom. The van der Waals surface area contributed by atoms with Crippen molar-refractivity contribution >= 4 is 17.7 Å². The lowest BCUT2D eigenvalue weighted by atomic mass is 10.1. The van der Waals surface area contributed by atoms with E-state index in [1.165, 1.54) is 0 Å². The number of aromatic carboxylic acids is 1. The zero-order chi connectivity index (χ0) is 13.1. The smallest absolute Gasteiger partial charge is 0.335 e. The molecule has 0 saturated carbocycles. The normalized spacial score (nSPS) is 10.6. The predicted octanol–water partition coefficient (Wildman–Crippen LogP) is 3.89. The quantitative estimate of drug-likeness (QED) is 0.849. The molecule has 0 radical (unpaired) electrons. The van der Waals surface area contributed by atoms with Gasteiger partial charge in [0.05, 0.1) is 11.8 Å². The predicted molar refractivity (Wildman–Crippen MR) is 71.1 cm³/mol. The van der Waals surface area contributed by atoms with Crippen molar-refractivity contribution in [3.8, 4) is 0 Å². The van der Waals surface area contributed by atoms with E-state index in [0.717, 1.165) is 27.5 Å². The molecule has 0 aliphatic heterocycles. The van der Waals surface area contributed by atoms with E-state index >= 15 is 0 Å². The van der Waals surface area contributed by atoms with E-state index in [1.54, 1.807) is 30.2 Å². The fourth-order valence-electron chi connectivity index (χ4n) is 1.67. The van der Waals surface area contributed by atoms with Crippen LogP contribution in [0, 0.1) is 13.8 Å². The van der Waals surface area contributed by atoms with Crippen LogP contribution in [0.5, 0.6) is 0 Å². The van der Waals surface area contributed by atoms with E-state index in [2.05, 4.69) is 0 Å². The van der Waals surface area contributed by atoms with Crippen LogP contribution in [0.4, 0.5) is 0 Å². The topological polar surface area (TPSA) is 50.4 Å². The van der Waals surface area contributed by atoms with Gasteiger partial charge in [-0.15, -0.1) is 11.8 Å². The van der Waals surface area contributed by atoms with Gasteiger partial charge in [0.1, 0.15) is 5.76 Å². The van der Waals surface area contributed by atoms with Crippen LogP contribution >= 0.6 is 11.8 Å². The molecule has 1 aromatic heterocycles. The maximum atomic E-state index is 10.8. The second-order valence-electron chi connectivity index (χ2n) is 4.08. The molecular weight excluding hydrogens is 248 g/mol. The number of carboxylic acid groups (broad SMARTS) is 1. The largest absolute Gasteiger partial charge is 0.478 e. The van der Waals surface area contributed by atoms with Crippen molar-refractivity contribution in [2.75, 3.05) is 0 Å². The van der Waals surface area contributed by atoms with E-state index < -0.39 is 5.97 Å². The molecule has 0 atom stereocenters. The standard InChI is InChI=1S/C14H14O3S/c1-9-7-11(14(15)16)3-4-12(9)8-18-13-5-6-17-10(13)2/h3-7H,8H2,1-2H3,(H,15,16). The first kappa shape index (κ1) is 12.8. The number of hydrogen-bond acceptors (Lipinski definition) is 3. The SMILES string of the molecule is Cc1cc(C(=O)O)ccc1CSc1ccoc1C. The number of benzene rings is 1. The molecule has 3 nitrogen and oxygen atoms in total. The molecule has 1 aromatic carbocycles. The fourth-order valence-corrected chi connectivity index (χ4v) is 2.71. The molecule has 0 fully saturated rings. The molecular formula is C14H14O3S. The van der Waals surface area contributed by atoms with Crippen molar-refractivity contribution in [3.05, 3.63) is 53.0 Å². The first-order chi connectivity index (χ1) is 8.58. The minimum atomic E-state index is -0.886. The highest BCUT2D eigenvalue weighted by Crippen LogP contribution is 2.28. The molecule has 0 saturated heterocycles. The number of thioether (sulfide) groups is 1. The third kappa shape index (κ3) is 2.76. The van der Waals surface area contributed by atoms with Gasteiger partial charge in [-0.1, -0.05) is 6.07 Å². The summed E-state index contributed by atoms with van der Waals surface area (Å²) >= 11 is 1.69. The number of rotatable bonds is 4. The van der Waals surface area contributed by atoms with Gasteiger partial charge in [-0.2, -0.15) is 0 Å². The van der Waals surface area contributed by atoms with Crippen molar-refractivity contribution in [2.24, 2.45) is 0 Å². The molecule has 2 aromatic rings. The summed E-state index contributed by atoms with van der Waals surface area (Å²) in [5.74, 6) is 0.842. The van der Waals surface area contributed by atoms with Gasteiger partial charge in [-0.3, -0.25) is 0 Å². The molecule has 0 bridgehead atoms. The lowest BCUT2D eigenvalue weighted by Crippen LogP contribution is -1.98. The van der Waals surface area contributed by atoms with Gasteiger partial charge in [0.25, 0.3) is 0 Å². The Hall–Kier alpha value is -1.68. The summed E-state index contributed by atoms with van der Waals surface area (Å²) in [6.07, 6.45) is 1.68. The molecule has 0 spiro atoms. The van der Waals surface area contributed by atoms with Gasteiger partial charge in [0.2, 0.25) is 0 Å². The van der Waals surface area contributed by atoms with Gasteiger partial charge in [-0.25, -0.2) is 4.79 Å². The number of carboxylic acids is 1. The molecule has 1 heterocycles. The molecule has 0 unspecified atom stereocenters. The fraction of sp³-hybridized carbons (Fsp3) is 0.214. The maximum Gasteiger partial charge on any atom is 0.335 e. The van der Waals surface area contributed by atoms with Gasteiger partial charge in [0.15, 0.2) is 0 Å². The van der Waals surface area contributed by atoms with Gasteiger partial charge in [0, 0.05) is 10.6 Å². The highest BCUT2D eigenvalue weighted by atomic mass is 32.2. The zero-order valence-corrected chi connectivity index (χ0v) is 11.1. The lowest BCUT2D eigenvalue weighted by molar-refractivity contribution is 0.0697. The summed E-state index contributed by atoms with van der Waals surface area (Å²) in [6.45, 7) is 3.87. The van der Waals surface area contributed by atoms with Crippen LogP contribution in [-0.2, 0) is 5.75 Å². The molecule has 2 rings (SSSR count). The van der Waals surface area contributed by atoms with Gasteiger partial charge in [-0.05, 0) is 43.2 Å². The maximum absolute atomic E-state index is 10.8. The average molecular weight is 262 g/mol. The first-order valence-corrected chi connectivity index (χ1v) is 6.56. The Morgan fingerprint density at radius 3 is 2.67 bits per heavy atom. The van der Waals surface area contributed by atoms with Crippen LogP contribution in [0.2, 0.25) is 0 Å². The third-order valence-electron chi connectivity index (χ3n) is 2.78. The van der Waals surface area contributed by atoms with Gasteiger partial charge < -0.3 is 9.52 Å². The molecule has 94 valence electrons. The number of carbonyl (C=O) groups is 1. The van der Waals surface area contributed by atoms with E-state index in [-0.39, 0.29) is 0 Å². The van der Waals surface area contributed by atoms with Crippen LogP contribution in [0.15, 0.2) is 39.8 Å². The first-order valence-electron chi connectivity index (χ1n) is 5.57. The van der Waals surface area contributed by atoms with Crippen LogP contribution in [0.25, 0.3) is 0 Å². The highest BCUT2D eigenvalue weighted by Gasteiger charge is 2.07. The summed E-state index contributed by atoms with van der Waals surface area (Å²) in [7, 11) is 0. The zero-order valence-electron chi connectivity index (χ0n) is 10.3. The van der Waals surface area contributed by atoms with Gasteiger partial charge >= 0.3 is 5.97 Å². The lowest BCUT2D eigenvalue weighted by Gasteiger charge is -2.06.